The van der Waals surface area contributed by atoms with Crippen LogP contribution in [-0.4, -0.2) is 24.9 Å². The van der Waals surface area contributed by atoms with E-state index in [0.29, 0.717) is 18.7 Å². The molecule has 2 aromatic rings. The second kappa shape index (κ2) is 8.82. The van der Waals surface area contributed by atoms with Gasteiger partial charge in [-0.25, -0.2) is 4.39 Å². The minimum atomic E-state index is -0.338. The van der Waals surface area contributed by atoms with Gasteiger partial charge < -0.3 is 10.2 Å². The molecule has 0 saturated heterocycles. The number of halogens is 1. The fraction of sp³-hybridized carbons (Fsp3) is 0.263. The molecule has 0 unspecified atom stereocenters. The second-order valence-corrected chi connectivity index (χ2v) is 5.38. The highest BCUT2D eigenvalue weighted by molar-refractivity contribution is 5.93. The van der Waals surface area contributed by atoms with E-state index >= 15 is 0 Å². The summed E-state index contributed by atoms with van der Waals surface area (Å²) in [5, 5.41) is 2.76. The predicted molar refractivity (Wildman–Crippen MR) is 92.2 cm³/mol. The minimum absolute atomic E-state index is 0.107. The summed E-state index contributed by atoms with van der Waals surface area (Å²) in [5.74, 6) is -0.557. The Balaban J connectivity index is 1.81. The zero-order chi connectivity index (χ0) is 17.4. The van der Waals surface area contributed by atoms with Gasteiger partial charge in [0, 0.05) is 25.2 Å². The molecule has 126 valence electrons. The van der Waals surface area contributed by atoms with E-state index in [-0.39, 0.29) is 30.6 Å². The number of carbonyl (C=O) groups excluding carboxylic acids is 2. The van der Waals surface area contributed by atoms with Crippen LogP contribution in [0.2, 0.25) is 0 Å². The van der Waals surface area contributed by atoms with Crippen LogP contribution in [0.3, 0.4) is 0 Å². The molecule has 0 atom stereocenters. The maximum Gasteiger partial charge on any atom is 0.228 e. The number of hydrogen-bond donors (Lipinski definition) is 1. The van der Waals surface area contributed by atoms with Gasteiger partial charge in [0.15, 0.2) is 0 Å². The van der Waals surface area contributed by atoms with Crippen molar-refractivity contribution in [2.45, 2.75) is 19.8 Å². The molecule has 2 amide bonds. The van der Waals surface area contributed by atoms with E-state index in [9.17, 15) is 14.0 Å². The molecule has 0 fully saturated rings. The van der Waals surface area contributed by atoms with Gasteiger partial charge in [0.1, 0.15) is 5.82 Å². The molecular formula is C19H21FN2O2. The largest absolute Gasteiger partial charge is 0.355 e. The molecular weight excluding hydrogens is 307 g/mol. The molecule has 0 radical (unpaired) electrons. The van der Waals surface area contributed by atoms with Gasteiger partial charge in [-0.15, -0.1) is 0 Å². The summed E-state index contributed by atoms with van der Waals surface area (Å²) in [6, 6.07) is 15.2. The molecule has 1 N–H and O–H groups in total. The molecule has 0 aliphatic heterocycles. The standard InChI is InChI=1S/C19H21FN2O2/c1-2-22(17-10-8-16(20)9-11-17)19(24)12-13-21-18(23)14-15-6-4-3-5-7-15/h3-11H,2,12-14H2,1H3,(H,21,23). The van der Waals surface area contributed by atoms with Crippen LogP contribution in [0.5, 0.6) is 0 Å². The normalized spacial score (nSPS) is 10.2. The number of amides is 2. The Bertz CT molecular complexity index is 672. The zero-order valence-electron chi connectivity index (χ0n) is 13.7. The Labute approximate surface area is 141 Å². The quantitative estimate of drug-likeness (QED) is 0.849. The average molecular weight is 328 g/mol. The number of carbonyl (C=O) groups is 2. The van der Waals surface area contributed by atoms with Crippen molar-refractivity contribution >= 4 is 17.5 Å². The van der Waals surface area contributed by atoms with Crippen LogP contribution in [0.1, 0.15) is 18.9 Å². The molecule has 2 rings (SSSR count). The van der Waals surface area contributed by atoms with Crippen molar-refractivity contribution in [3.63, 3.8) is 0 Å². The lowest BCUT2D eigenvalue weighted by Gasteiger charge is -2.21. The van der Waals surface area contributed by atoms with Crippen molar-refractivity contribution in [2.75, 3.05) is 18.0 Å². The summed E-state index contributed by atoms with van der Waals surface area (Å²) in [5.41, 5.74) is 1.59. The van der Waals surface area contributed by atoms with Gasteiger partial charge in [-0.3, -0.25) is 9.59 Å². The summed E-state index contributed by atoms with van der Waals surface area (Å²) in [6.07, 6.45) is 0.496. The minimum Gasteiger partial charge on any atom is -0.355 e. The van der Waals surface area contributed by atoms with Crippen molar-refractivity contribution in [1.29, 1.82) is 0 Å². The molecule has 0 aliphatic carbocycles. The number of nitrogens with one attached hydrogen (secondary N) is 1. The Morgan fingerprint density at radius 1 is 1.04 bits per heavy atom. The highest BCUT2D eigenvalue weighted by atomic mass is 19.1. The molecule has 0 bridgehead atoms. The molecule has 4 nitrogen and oxygen atoms in total. The van der Waals surface area contributed by atoms with Crippen molar-refractivity contribution < 1.29 is 14.0 Å². The Hall–Kier alpha value is -2.69. The third kappa shape index (κ3) is 5.19. The van der Waals surface area contributed by atoms with Crippen LogP contribution in [-0.2, 0) is 16.0 Å². The van der Waals surface area contributed by atoms with E-state index in [2.05, 4.69) is 5.32 Å². The lowest BCUT2D eigenvalue weighted by atomic mass is 10.1. The highest BCUT2D eigenvalue weighted by Gasteiger charge is 2.14. The first-order valence-corrected chi connectivity index (χ1v) is 7.96. The molecule has 0 saturated carbocycles. The molecule has 24 heavy (non-hydrogen) atoms. The topological polar surface area (TPSA) is 49.4 Å². The van der Waals surface area contributed by atoms with Gasteiger partial charge in [-0.05, 0) is 36.8 Å². The number of hydrogen-bond acceptors (Lipinski definition) is 2. The van der Waals surface area contributed by atoms with Crippen molar-refractivity contribution in [3.8, 4) is 0 Å². The maximum atomic E-state index is 13.0. The van der Waals surface area contributed by atoms with E-state index in [1.807, 2.05) is 37.3 Å². The van der Waals surface area contributed by atoms with Crippen LogP contribution in [0, 0.1) is 5.82 Å². The summed E-state index contributed by atoms with van der Waals surface area (Å²) in [4.78, 5) is 25.7. The first-order chi connectivity index (χ1) is 11.6. The van der Waals surface area contributed by atoms with Crippen LogP contribution in [0.25, 0.3) is 0 Å². The molecule has 2 aromatic carbocycles. The van der Waals surface area contributed by atoms with Gasteiger partial charge in [0.05, 0.1) is 6.42 Å². The van der Waals surface area contributed by atoms with Gasteiger partial charge in [0.2, 0.25) is 11.8 Å². The van der Waals surface area contributed by atoms with E-state index in [4.69, 9.17) is 0 Å². The van der Waals surface area contributed by atoms with Crippen LogP contribution in [0.15, 0.2) is 54.6 Å². The van der Waals surface area contributed by atoms with Gasteiger partial charge in [-0.1, -0.05) is 30.3 Å². The number of nitrogens with zero attached hydrogens (tertiary/aromatic N) is 1. The SMILES string of the molecule is CCN(C(=O)CCNC(=O)Cc1ccccc1)c1ccc(F)cc1. The first kappa shape index (κ1) is 17.7. The fourth-order valence-corrected chi connectivity index (χ4v) is 2.41. The Morgan fingerprint density at radius 2 is 1.71 bits per heavy atom. The third-order valence-electron chi connectivity index (χ3n) is 3.62. The lowest BCUT2D eigenvalue weighted by Crippen LogP contribution is -2.34. The molecule has 0 aromatic heterocycles. The third-order valence-corrected chi connectivity index (χ3v) is 3.62. The fourth-order valence-electron chi connectivity index (χ4n) is 2.41. The van der Waals surface area contributed by atoms with E-state index in [0.717, 1.165) is 5.56 Å². The summed E-state index contributed by atoms with van der Waals surface area (Å²) in [7, 11) is 0. The predicted octanol–water partition coefficient (Wildman–Crippen LogP) is 2.93. The number of rotatable bonds is 7. The van der Waals surface area contributed by atoms with Gasteiger partial charge in [0.25, 0.3) is 0 Å². The summed E-state index contributed by atoms with van der Waals surface area (Å²) >= 11 is 0. The maximum absolute atomic E-state index is 13.0. The van der Waals surface area contributed by atoms with E-state index in [1.54, 1.807) is 17.0 Å². The number of anilines is 1. The van der Waals surface area contributed by atoms with Crippen molar-refractivity contribution in [2.24, 2.45) is 0 Å². The van der Waals surface area contributed by atoms with Crippen LogP contribution in [0.4, 0.5) is 10.1 Å². The van der Waals surface area contributed by atoms with E-state index in [1.165, 1.54) is 12.1 Å². The highest BCUT2D eigenvalue weighted by Crippen LogP contribution is 2.15. The number of benzene rings is 2. The molecule has 0 heterocycles. The molecule has 0 spiro atoms. The summed E-state index contributed by atoms with van der Waals surface area (Å²) < 4.78 is 13.0. The summed E-state index contributed by atoms with van der Waals surface area (Å²) in [6.45, 7) is 2.62. The van der Waals surface area contributed by atoms with Crippen molar-refractivity contribution in [3.05, 3.63) is 66.0 Å². The van der Waals surface area contributed by atoms with Crippen LogP contribution < -0.4 is 10.2 Å². The molecule has 5 heteroatoms. The van der Waals surface area contributed by atoms with Gasteiger partial charge >= 0.3 is 0 Å². The zero-order valence-corrected chi connectivity index (χ0v) is 13.7. The average Bonchev–Trinajstić information content (AvgIpc) is 2.58. The lowest BCUT2D eigenvalue weighted by molar-refractivity contribution is -0.121. The van der Waals surface area contributed by atoms with E-state index < -0.39 is 0 Å². The smallest absolute Gasteiger partial charge is 0.228 e. The second-order valence-electron chi connectivity index (χ2n) is 5.38. The van der Waals surface area contributed by atoms with Gasteiger partial charge in [-0.2, -0.15) is 0 Å². The monoisotopic (exact) mass is 328 g/mol. The molecule has 0 aliphatic rings. The Morgan fingerprint density at radius 3 is 2.33 bits per heavy atom. The first-order valence-electron chi connectivity index (χ1n) is 7.96. The van der Waals surface area contributed by atoms with Crippen LogP contribution >= 0.6 is 0 Å². The van der Waals surface area contributed by atoms with Crippen molar-refractivity contribution in [1.82, 2.24) is 5.32 Å². The Kier molecular flexibility index (Phi) is 6.49.